The maximum absolute atomic E-state index is 9.93. The van der Waals surface area contributed by atoms with E-state index in [1.54, 1.807) is 24.3 Å². The highest BCUT2D eigenvalue weighted by Gasteiger charge is 2.18. The number of halogens is 3. The molecule has 0 unspecified atom stereocenters. The van der Waals surface area contributed by atoms with Crippen LogP contribution in [-0.2, 0) is 0 Å². The van der Waals surface area contributed by atoms with Gasteiger partial charge in [0.05, 0.1) is 26.3 Å². The highest BCUT2D eigenvalue weighted by molar-refractivity contribution is 7.98. The molecule has 1 aliphatic heterocycles. The van der Waals surface area contributed by atoms with Crippen LogP contribution in [0, 0.1) is 0 Å². The lowest BCUT2D eigenvalue weighted by molar-refractivity contribution is 0.476. The standard InChI is InChI=1S/C13H8Cl3N3OS/c14-6-4-9(20)12-10(5-6)21-19-13(18-12)17-8-3-1-2-7(15)11(8)16/h1-5,20H,(H2,17,18,19). The summed E-state index contributed by atoms with van der Waals surface area (Å²) in [6.45, 7) is 0. The molecule has 3 rings (SSSR count). The van der Waals surface area contributed by atoms with Crippen LogP contribution in [0.15, 0.2) is 39.6 Å². The molecule has 0 bridgehead atoms. The zero-order chi connectivity index (χ0) is 15.0. The minimum absolute atomic E-state index is 0.0522. The summed E-state index contributed by atoms with van der Waals surface area (Å²) in [4.78, 5) is 0.739. The summed E-state index contributed by atoms with van der Waals surface area (Å²) in [5, 5.41) is 17.3. The average molecular weight is 361 g/mol. The van der Waals surface area contributed by atoms with E-state index in [1.165, 1.54) is 18.0 Å². The molecule has 0 fully saturated rings. The molecule has 108 valence electrons. The van der Waals surface area contributed by atoms with Crippen LogP contribution in [-0.4, -0.2) is 11.1 Å². The predicted octanol–water partition coefficient (Wildman–Crippen LogP) is 5.25. The summed E-state index contributed by atoms with van der Waals surface area (Å²) in [5.41, 5.74) is 1.16. The van der Waals surface area contributed by atoms with Crippen LogP contribution < -0.4 is 10.6 Å². The fourth-order valence-electron chi connectivity index (χ4n) is 1.78. The van der Waals surface area contributed by atoms with E-state index in [9.17, 15) is 5.11 Å². The number of anilines is 2. The fourth-order valence-corrected chi connectivity index (χ4v) is 3.12. The first kappa shape index (κ1) is 14.7. The quantitative estimate of drug-likeness (QED) is 0.480. The molecule has 4 nitrogen and oxygen atoms in total. The molecule has 0 saturated carbocycles. The van der Waals surface area contributed by atoms with Crippen LogP contribution in [0.3, 0.4) is 0 Å². The Labute approximate surface area is 140 Å². The molecule has 8 heteroatoms. The van der Waals surface area contributed by atoms with Gasteiger partial charge in [-0.25, -0.2) is 0 Å². The largest absolute Gasteiger partial charge is 0.506 e. The Kier molecular flexibility index (Phi) is 4.08. The van der Waals surface area contributed by atoms with Crippen LogP contribution in [0.5, 0.6) is 5.75 Å². The molecule has 0 atom stereocenters. The number of nitrogens with one attached hydrogen (secondary N) is 2. The molecule has 0 aromatic heterocycles. The van der Waals surface area contributed by atoms with E-state index in [-0.39, 0.29) is 5.75 Å². The topological polar surface area (TPSA) is 56.6 Å². The Morgan fingerprint density at radius 2 is 2.00 bits per heavy atom. The molecule has 1 heterocycles. The van der Waals surface area contributed by atoms with Gasteiger partial charge in [-0.3, -0.25) is 0 Å². The van der Waals surface area contributed by atoms with Crippen LogP contribution in [0.25, 0.3) is 0 Å². The second-order valence-electron chi connectivity index (χ2n) is 4.18. The van der Waals surface area contributed by atoms with Crippen molar-refractivity contribution in [2.45, 2.75) is 4.90 Å². The second kappa shape index (κ2) is 5.85. The molecule has 0 aliphatic carbocycles. The van der Waals surface area contributed by atoms with Gasteiger partial charge >= 0.3 is 0 Å². The van der Waals surface area contributed by atoms with Crippen molar-refractivity contribution >= 4 is 64.1 Å². The zero-order valence-corrected chi connectivity index (χ0v) is 13.4. The number of fused-ring (bicyclic) bond motifs is 1. The number of guanidine groups is 1. The number of nitrogens with zero attached hydrogens (tertiary/aromatic N) is 1. The van der Waals surface area contributed by atoms with Gasteiger partial charge in [0.2, 0.25) is 5.96 Å². The molecule has 2 aromatic carbocycles. The van der Waals surface area contributed by atoms with Gasteiger partial charge in [0.15, 0.2) is 0 Å². The second-order valence-corrected chi connectivity index (χ2v) is 6.21. The summed E-state index contributed by atoms with van der Waals surface area (Å²) in [6, 6.07) is 8.44. The van der Waals surface area contributed by atoms with E-state index in [1.807, 2.05) is 0 Å². The lowest BCUT2D eigenvalue weighted by Gasteiger charge is -2.20. The third-order valence-electron chi connectivity index (χ3n) is 2.73. The van der Waals surface area contributed by atoms with E-state index < -0.39 is 0 Å². The molecule has 21 heavy (non-hydrogen) atoms. The van der Waals surface area contributed by atoms with Gasteiger partial charge in [-0.05, 0) is 18.2 Å². The van der Waals surface area contributed by atoms with Crippen LogP contribution in [0.1, 0.15) is 0 Å². The van der Waals surface area contributed by atoms with Gasteiger partial charge < -0.3 is 15.7 Å². The molecular formula is C13H8Cl3N3OS. The lowest BCUT2D eigenvalue weighted by Crippen LogP contribution is -2.24. The van der Waals surface area contributed by atoms with E-state index in [0.717, 1.165) is 4.90 Å². The summed E-state index contributed by atoms with van der Waals surface area (Å²) in [5.74, 6) is 0.491. The Morgan fingerprint density at radius 3 is 2.81 bits per heavy atom. The van der Waals surface area contributed by atoms with Crippen molar-refractivity contribution < 1.29 is 5.11 Å². The van der Waals surface area contributed by atoms with Crippen molar-refractivity contribution in [2.24, 2.45) is 4.40 Å². The number of aromatic hydroxyl groups is 1. The Hall–Kier alpha value is -1.27. The number of rotatable bonds is 1. The van der Waals surface area contributed by atoms with Gasteiger partial charge in [-0.1, -0.05) is 40.9 Å². The van der Waals surface area contributed by atoms with E-state index in [4.69, 9.17) is 34.8 Å². The Bertz CT molecular complexity index is 752. The molecule has 0 radical (unpaired) electrons. The smallest absolute Gasteiger partial charge is 0.212 e. The average Bonchev–Trinajstić information content (AvgIpc) is 2.44. The highest BCUT2D eigenvalue weighted by Crippen LogP contribution is 2.41. The summed E-state index contributed by atoms with van der Waals surface area (Å²) in [7, 11) is 0. The molecule has 0 spiro atoms. The molecule has 1 aliphatic rings. The number of hydrogen-bond donors (Lipinski definition) is 3. The normalized spacial score (nSPS) is 13.2. The summed E-state index contributed by atoms with van der Waals surface area (Å²) in [6.07, 6.45) is 0. The SMILES string of the molecule is Oc1cc(Cl)cc2c1NC(Nc1cccc(Cl)c1Cl)=NS2. The molecular weight excluding hydrogens is 353 g/mol. The summed E-state index contributed by atoms with van der Waals surface area (Å²) < 4.78 is 4.26. The zero-order valence-electron chi connectivity index (χ0n) is 10.3. The van der Waals surface area contributed by atoms with Crippen LogP contribution in [0.2, 0.25) is 15.1 Å². The third-order valence-corrected chi connectivity index (χ3v) is 4.56. The van der Waals surface area contributed by atoms with Crippen molar-refractivity contribution in [2.75, 3.05) is 10.6 Å². The van der Waals surface area contributed by atoms with Gasteiger partial charge in [0.1, 0.15) is 5.75 Å². The van der Waals surface area contributed by atoms with E-state index >= 15 is 0 Å². The van der Waals surface area contributed by atoms with Gasteiger partial charge in [0.25, 0.3) is 0 Å². The third kappa shape index (κ3) is 3.01. The number of benzene rings is 2. The molecule has 3 N–H and O–H groups in total. The lowest BCUT2D eigenvalue weighted by atomic mass is 10.3. The summed E-state index contributed by atoms with van der Waals surface area (Å²) >= 11 is 19.2. The predicted molar refractivity (Wildman–Crippen MR) is 90.1 cm³/mol. The van der Waals surface area contributed by atoms with Crippen molar-refractivity contribution in [1.29, 1.82) is 0 Å². The van der Waals surface area contributed by atoms with Crippen molar-refractivity contribution in [1.82, 2.24) is 0 Å². The Morgan fingerprint density at radius 1 is 1.19 bits per heavy atom. The van der Waals surface area contributed by atoms with E-state index in [2.05, 4.69) is 15.0 Å². The Balaban J connectivity index is 1.87. The monoisotopic (exact) mass is 359 g/mol. The minimum Gasteiger partial charge on any atom is -0.506 e. The number of hydrogen-bond acceptors (Lipinski definition) is 5. The van der Waals surface area contributed by atoms with Gasteiger partial charge in [0, 0.05) is 23.0 Å². The minimum atomic E-state index is 0.0522. The van der Waals surface area contributed by atoms with Crippen molar-refractivity contribution in [3.63, 3.8) is 0 Å². The van der Waals surface area contributed by atoms with Crippen molar-refractivity contribution in [3.8, 4) is 5.75 Å². The van der Waals surface area contributed by atoms with E-state index in [0.29, 0.717) is 32.4 Å². The van der Waals surface area contributed by atoms with Crippen molar-refractivity contribution in [3.05, 3.63) is 45.4 Å². The molecule has 0 amide bonds. The molecule has 2 aromatic rings. The fraction of sp³-hybridized carbons (Fsp3) is 0. The number of phenolic OH excluding ortho intramolecular Hbond substituents is 1. The van der Waals surface area contributed by atoms with Crippen LogP contribution in [0.4, 0.5) is 11.4 Å². The van der Waals surface area contributed by atoms with Gasteiger partial charge in [-0.2, -0.15) is 4.40 Å². The molecule has 0 saturated heterocycles. The highest BCUT2D eigenvalue weighted by atomic mass is 35.5. The van der Waals surface area contributed by atoms with Crippen LogP contribution >= 0.6 is 46.8 Å². The first-order valence-corrected chi connectivity index (χ1v) is 7.71. The number of phenols is 1. The first-order valence-electron chi connectivity index (χ1n) is 5.80. The first-order chi connectivity index (χ1) is 10.0. The maximum atomic E-state index is 9.93. The van der Waals surface area contributed by atoms with Gasteiger partial charge in [-0.15, -0.1) is 0 Å². The maximum Gasteiger partial charge on any atom is 0.212 e.